The van der Waals surface area contributed by atoms with Gasteiger partial charge < -0.3 is 4.74 Å². The highest BCUT2D eigenvalue weighted by atomic mass is 19.3. The molecule has 6 heteroatoms. The van der Waals surface area contributed by atoms with Gasteiger partial charge in [0.2, 0.25) is 0 Å². The summed E-state index contributed by atoms with van der Waals surface area (Å²) in [4.78, 5) is 10.0. The quantitative estimate of drug-likeness (QED) is 0.577. The van der Waals surface area contributed by atoms with Crippen LogP contribution in [0.25, 0.3) is 0 Å². The summed E-state index contributed by atoms with van der Waals surface area (Å²) in [5.41, 5.74) is 0.530. The number of nitrogens with zero attached hydrogens (tertiary/aromatic N) is 1. The van der Waals surface area contributed by atoms with Crippen LogP contribution in [0.1, 0.15) is 11.1 Å². The van der Waals surface area contributed by atoms with Gasteiger partial charge in [0.25, 0.3) is 5.69 Å². The zero-order valence-corrected chi connectivity index (χ0v) is 8.16. The molecule has 0 saturated heterocycles. The van der Waals surface area contributed by atoms with Crippen molar-refractivity contribution in [3.05, 3.63) is 33.4 Å². The van der Waals surface area contributed by atoms with Crippen molar-refractivity contribution in [1.82, 2.24) is 0 Å². The molecule has 0 aromatic heterocycles. The smallest absolute Gasteiger partial charge is 0.387 e. The van der Waals surface area contributed by atoms with E-state index in [0.717, 1.165) is 0 Å². The number of hydrogen-bond donors (Lipinski definition) is 0. The number of alkyl halides is 2. The van der Waals surface area contributed by atoms with Gasteiger partial charge in [-0.05, 0) is 26.0 Å². The maximum Gasteiger partial charge on any atom is 0.387 e. The molecular weight excluding hydrogens is 208 g/mol. The Bertz CT molecular complexity index is 370. The Morgan fingerprint density at radius 1 is 1.33 bits per heavy atom. The number of halogens is 2. The Labute approximate surface area is 84.6 Å². The first-order valence-corrected chi connectivity index (χ1v) is 4.12. The molecule has 0 aliphatic heterocycles. The molecule has 0 atom stereocenters. The van der Waals surface area contributed by atoms with Crippen molar-refractivity contribution in [3.63, 3.8) is 0 Å². The van der Waals surface area contributed by atoms with Gasteiger partial charge in [0, 0.05) is 11.1 Å². The number of nitro benzene ring substituents is 1. The standard InChI is InChI=1S/C9H9F2NO3/c1-5-3-7(15-9(10)11)4-6(2)8(5)12(13)14/h3-4,9H,1-2H3. The predicted molar refractivity (Wildman–Crippen MR) is 49.2 cm³/mol. The van der Waals surface area contributed by atoms with Gasteiger partial charge in [0.1, 0.15) is 5.75 Å². The molecule has 0 N–H and O–H groups in total. The Hall–Kier alpha value is -1.72. The molecule has 1 rings (SSSR count). The van der Waals surface area contributed by atoms with E-state index in [1.807, 2.05) is 0 Å². The highest BCUT2D eigenvalue weighted by Crippen LogP contribution is 2.28. The van der Waals surface area contributed by atoms with Gasteiger partial charge in [-0.3, -0.25) is 10.1 Å². The number of ether oxygens (including phenoxy) is 1. The van der Waals surface area contributed by atoms with Crippen LogP contribution in [0, 0.1) is 24.0 Å². The van der Waals surface area contributed by atoms with E-state index in [2.05, 4.69) is 4.74 Å². The topological polar surface area (TPSA) is 52.4 Å². The molecule has 15 heavy (non-hydrogen) atoms. The molecule has 0 aliphatic rings. The maximum atomic E-state index is 11.9. The molecule has 0 spiro atoms. The van der Waals surface area contributed by atoms with Gasteiger partial charge >= 0.3 is 6.61 Å². The van der Waals surface area contributed by atoms with Crippen LogP contribution >= 0.6 is 0 Å². The van der Waals surface area contributed by atoms with Crippen molar-refractivity contribution in [2.24, 2.45) is 0 Å². The number of benzene rings is 1. The first-order chi connectivity index (χ1) is 6.91. The van der Waals surface area contributed by atoms with Crippen LogP contribution in [0.2, 0.25) is 0 Å². The second-order valence-corrected chi connectivity index (χ2v) is 3.04. The van der Waals surface area contributed by atoms with Crippen molar-refractivity contribution in [3.8, 4) is 5.75 Å². The largest absolute Gasteiger partial charge is 0.435 e. The van der Waals surface area contributed by atoms with Crippen molar-refractivity contribution in [2.75, 3.05) is 0 Å². The minimum atomic E-state index is -2.93. The van der Waals surface area contributed by atoms with Crippen LogP contribution in [0.3, 0.4) is 0 Å². The summed E-state index contributed by atoms with van der Waals surface area (Å²) in [5, 5.41) is 10.6. The summed E-state index contributed by atoms with van der Waals surface area (Å²) in [6.07, 6.45) is 0. The van der Waals surface area contributed by atoms with Crippen molar-refractivity contribution in [1.29, 1.82) is 0 Å². The zero-order valence-electron chi connectivity index (χ0n) is 8.16. The highest BCUT2D eigenvalue weighted by Gasteiger charge is 2.17. The summed E-state index contributed by atoms with van der Waals surface area (Å²) >= 11 is 0. The van der Waals surface area contributed by atoms with Crippen LogP contribution in [-0.4, -0.2) is 11.5 Å². The predicted octanol–water partition coefficient (Wildman–Crippen LogP) is 2.81. The van der Waals surface area contributed by atoms with E-state index in [0.29, 0.717) is 11.1 Å². The van der Waals surface area contributed by atoms with Gasteiger partial charge in [0.05, 0.1) is 4.92 Å². The van der Waals surface area contributed by atoms with E-state index >= 15 is 0 Å². The molecule has 4 nitrogen and oxygen atoms in total. The third kappa shape index (κ3) is 2.61. The third-order valence-corrected chi connectivity index (χ3v) is 1.87. The second-order valence-electron chi connectivity index (χ2n) is 3.04. The zero-order chi connectivity index (χ0) is 11.6. The Morgan fingerprint density at radius 2 is 1.80 bits per heavy atom. The summed E-state index contributed by atoms with van der Waals surface area (Å²) in [5.74, 6) is -0.0643. The minimum absolute atomic E-state index is 0.0643. The van der Waals surface area contributed by atoms with E-state index in [1.54, 1.807) is 0 Å². The molecule has 0 heterocycles. The molecule has 0 radical (unpaired) electrons. The van der Waals surface area contributed by atoms with E-state index in [-0.39, 0.29) is 11.4 Å². The SMILES string of the molecule is Cc1cc(OC(F)F)cc(C)c1[N+](=O)[O-]. The summed E-state index contributed by atoms with van der Waals surface area (Å²) < 4.78 is 27.9. The molecule has 0 aliphatic carbocycles. The fraction of sp³-hybridized carbons (Fsp3) is 0.333. The Balaban J connectivity index is 3.14. The molecule has 0 amide bonds. The van der Waals surface area contributed by atoms with Crippen LogP contribution in [0.15, 0.2) is 12.1 Å². The average molecular weight is 217 g/mol. The van der Waals surface area contributed by atoms with Gasteiger partial charge in [-0.1, -0.05) is 0 Å². The fourth-order valence-corrected chi connectivity index (χ4v) is 1.38. The van der Waals surface area contributed by atoms with Gasteiger partial charge in [-0.25, -0.2) is 0 Å². The number of hydrogen-bond acceptors (Lipinski definition) is 3. The molecule has 82 valence electrons. The van der Waals surface area contributed by atoms with Crippen LogP contribution in [0.4, 0.5) is 14.5 Å². The average Bonchev–Trinajstić information content (AvgIpc) is 1.99. The fourth-order valence-electron chi connectivity index (χ4n) is 1.38. The molecule has 0 fully saturated rings. The van der Waals surface area contributed by atoms with Crippen molar-refractivity contribution >= 4 is 5.69 Å². The first-order valence-electron chi connectivity index (χ1n) is 4.12. The Kier molecular flexibility index (Phi) is 3.18. The molecule has 1 aromatic carbocycles. The minimum Gasteiger partial charge on any atom is -0.435 e. The summed E-state index contributed by atoms with van der Waals surface area (Å²) in [6.45, 7) is 0.0256. The molecular formula is C9H9F2NO3. The lowest BCUT2D eigenvalue weighted by atomic mass is 10.1. The second kappa shape index (κ2) is 4.20. The van der Waals surface area contributed by atoms with Crippen LogP contribution in [0.5, 0.6) is 5.75 Å². The number of aryl methyl sites for hydroxylation is 2. The van der Waals surface area contributed by atoms with E-state index in [1.165, 1.54) is 26.0 Å². The van der Waals surface area contributed by atoms with E-state index in [4.69, 9.17) is 0 Å². The third-order valence-electron chi connectivity index (χ3n) is 1.87. The Morgan fingerprint density at radius 3 is 2.13 bits per heavy atom. The van der Waals surface area contributed by atoms with Gasteiger partial charge in [0.15, 0.2) is 0 Å². The number of nitro groups is 1. The van der Waals surface area contributed by atoms with Crippen LogP contribution < -0.4 is 4.74 Å². The lowest BCUT2D eigenvalue weighted by Crippen LogP contribution is -2.03. The molecule has 1 aromatic rings. The van der Waals surface area contributed by atoms with Gasteiger partial charge in [-0.2, -0.15) is 8.78 Å². The maximum absolute atomic E-state index is 11.9. The molecule has 0 bridgehead atoms. The van der Waals surface area contributed by atoms with Crippen molar-refractivity contribution in [2.45, 2.75) is 20.5 Å². The van der Waals surface area contributed by atoms with E-state index < -0.39 is 11.5 Å². The van der Waals surface area contributed by atoms with Crippen LogP contribution in [-0.2, 0) is 0 Å². The lowest BCUT2D eigenvalue weighted by molar-refractivity contribution is -0.386. The summed E-state index contributed by atoms with van der Waals surface area (Å²) in [6, 6.07) is 2.44. The lowest BCUT2D eigenvalue weighted by Gasteiger charge is -2.07. The monoisotopic (exact) mass is 217 g/mol. The molecule has 0 unspecified atom stereocenters. The molecule has 0 saturated carbocycles. The van der Waals surface area contributed by atoms with Crippen molar-refractivity contribution < 1.29 is 18.4 Å². The van der Waals surface area contributed by atoms with Gasteiger partial charge in [-0.15, -0.1) is 0 Å². The highest BCUT2D eigenvalue weighted by molar-refractivity contribution is 5.50. The normalized spacial score (nSPS) is 10.5. The van der Waals surface area contributed by atoms with E-state index in [9.17, 15) is 18.9 Å². The summed E-state index contributed by atoms with van der Waals surface area (Å²) in [7, 11) is 0. The number of rotatable bonds is 3. The first kappa shape index (κ1) is 11.4.